The predicted molar refractivity (Wildman–Crippen MR) is 73.9 cm³/mol. The van der Waals surface area contributed by atoms with Crippen molar-refractivity contribution in [3.63, 3.8) is 0 Å². The first kappa shape index (κ1) is 15.3. The first-order valence-corrected chi connectivity index (χ1v) is 6.84. The van der Waals surface area contributed by atoms with Gasteiger partial charge in [-0.1, -0.05) is 12.1 Å². The average Bonchev–Trinajstić information content (AvgIpc) is 2.84. The Kier molecular flexibility index (Phi) is 4.17. The van der Waals surface area contributed by atoms with Crippen LogP contribution in [0.4, 0.5) is 18.3 Å². The van der Waals surface area contributed by atoms with E-state index in [9.17, 15) is 18.0 Å². The van der Waals surface area contributed by atoms with E-state index in [4.69, 9.17) is 5.73 Å². The van der Waals surface area contributed by atoms with E-state index >= 15 is 0 Å². The zero-order valence-corrected chi connectivity index (χ0v) is 11.8. The molecule has 0 fully saturated rings. The van der Waals surface area contributed by atoms with Gasteiger partial charge in [0.05, 0.1) is 11.6 Å². The van der Waals surface area contributed by atoms with Gasteiger partial charge in [0.15, 0.2) is 5.13 Å². The van der Waals surface area contributed by atoms with Crippen LogP contribution in [0.15, 0.2) is 29.6 Å². The number of aromatic nitrogens is 1. The van der Waals surface area contributed by atoms with Crippen molar-refractivity contribution in [1.29, 1.82) is 0 Å². The third-order valence-electron chi connectivity index (χ3n) is 2.82. The number of carbonyl (C=O) groups is 1. The van der Waals surface area contributed by atoms with E-state index in [-0.39, 0.29) is 10.8 Å². The van der Waals surface area contributed by atoms with Gasteiger partial charge in [-0.05, 0) is 24.6 Å². The summed E-state index contributed by atoms with van der Waals surface area (Å²) in [4.78, 5) is 15.7. The van der Waals surface area contributed by atoms with Gasteiger partial charge in [-0.25, -0.2) is 4.98 Å². The molecule has 4 nitrogen and oxygen atoms in total. The Balaban J connectivity index is 2.13. The van der Waals surface area contributed by atoms with Crippen molar-refractivity contribution < 1.29 is 18.0 Å². The topological polar surface area (TPSA) is 68.0 Å². The monoisotopic (exact) mass is 315 g/mol. The van der Waals surface area contributed by atoms with Crippen LogP contribution in [-0.4, -0.2) is 10.9 Å². The highest BCUT2D eigenvalue weighted by atomic mass is 32.1. The number of nitrogen functional groups attached to an aromatic ring is 1. The fourth-order valence-electron chi connectivity index (χ4n) is 1.73. The number of benzene rings is 1. The molecule has 0 saturated carbocycles. The highest BCUT2D eigenvalue weighted by Gasteiger charge is 2.30. The molecule has 8 heteroatoms. The highest BCUT2D eigenvalue weighted by Crippen LogP contribution is 2.30. The number of nitrogens with two attached hydrogens (primary N) is 1. The normalized spacial score (nSPS) is 13.0. The van der Waals surface area contributed by atoms with Crippen LogP contribution in [0.1, 0.15) is 34.6 Å². The molecule has 0 aliphatic rings. The Morgan fingerprint density at radius 1 is 1.43 bits per heavy atom. The number of thiazole rings is 1. The molecule has 1 aromatic carbocycles. The van der Waals surface area contributed by atoms with Gasteiger partial charge < -0.3 is 11.1 Å². The summed E-state index contributed by atoms with van der Waals surface area (Å²) in [6, 6.07) is 4.25. The minimum atomic E-state index is -4.41. The molecule has 21 heavy (non-hydrogen) atoms. The third kappa shape index (κ3) is 3.72. The number of hydrogen-bond donors (Lipinski definition) is 2. The van der Waals surface area contributed by atoms with E-state index in [1.807, 2.05) is 0 Å². The van der Waals surface area contributed by atoms with Gasteiger partial charge in [-0.3, -0.25) is 4.79 Å². The van der Waals surface area contributed by atoms with E-state index in [1.165, 1.54) is 17.5 Å². The average molecular weight is 315 g/mol. The van der Waals surface area contributed by atoms with Crippen LogP contribution >= 0.6 is 11.3 Å². The van der Waals surface area contributed by atoms with Crippen molar-refractivity contribution in [2.24, 2.45) is 0 Å². The summed E-state index contributed by atoms with van der Waals surface area (Å²) in [6.07, 6.45) is -4.41. The number of hydrogen-bond acceptors (Lipinski definition) is 4. The molecular formula is C13H12F3N3OS. The van der Waals surface area contributed by atoms with Crippen molar-refractivity contribution >= 4 is 22.4 Å². The fourth-order valence-corrected chi connectivity index (χ4v) is 2.27. The SMILES string of the molecule is CC(NC(=O)c1csc(N)n1)c1cccc(C(F)(F)F)c1. The van der Waals surface area contributed by atoms with Crippen molar-refractivity contribution in [2.45, 2.75) is 19.1 Å². The number of alkyl halides is 3. The van der Waals surface area contributed by atoms with Gasteiger partial charge in [0.25, 0.3) is 5.91 Å². The molecule has 112 valence electrons. The van der Waals surface area contributed by atoms with Crippen molar-refractivity contribution in [3.05, 3.63) is 46.5 Å². The van der Waals surface area contributed by atoms with Crippen molar-refractivity contribution in [3.8, 4) is 0 Å². The zero-order chi connectivity index (χ0) is 15.6. The third-order valence-corrected chi connectivity index (χ3v) is 3.49. The van der Waals surface area contributed by atoms with Gasteiger partial charge >= 0.3 is 6.18 Å². The summed E-state index contributed by atoms with van der Waals surface area (Å²) in [7, 11) is 0. The van der Waals surface area contributed by atoms with Gasteiger partial charge in [0.2, 0.25) is 0 Å². The lowest BCUT2D eigenvalue weighted by atomic mass is 10.0. The maximum Gasteiger partial charge on any atom is 0.416 e. The van der Waals surface area contributed by atoms with Crippen LogP contribution in [0.2, 0.25) is 0 Å². The molecule has 3 N–H and O–H groups in total. The van der Waals surface area contributed by atoms with E-state index in [0.29, 0.717) is 5.56 Å². The number of nitrogens with zero attached hydrogens (tertiary/aromatic N) is 1. The van der Waals surface area contributed by atoms with Crippen molar-refractivity contribution in [2.75, 3.05) is 5.73 Å². The quantitative estimate of drug-likeness (QED) is 0.913. The van der Waals surface area contributed by atoms with Gasteiger partial charge in [0.1, 0.15) is 5.69 Å². The summed E-state index contributed by atoms with van der Waals surface area (Å²) < 4.78 is 38.0. The smallest absolute Gasteiger partial charge is 0.375 e. The molecule has 1 aromatic heterocycles. The first-order valence-electron chi connectivity index (χ1n) is 5.96. The van der Waals surface area contributed by atoms with E-state index in [0.717, 1.165) is 23.5 Å². The summed E-state index contributed by atoms with van der Waals surface area (Å²) in [6.45, 7) is 1.60. The minimum absolute atomic E-state index is 0.149. The molecule has 1 amide bonds. The summed E-state index contributed by atoms with van der Waals surface area (Å²) in [5.74, 6) is -0.479. The standard InChI is InChI=1S/C13H12F3N3OS/c1-7(18-11(20)10-6-21-12(17)19-10)8-3-2-4-9(5-8)13(14,15)16/h2-7H,1H3,(H2,17,19)(H,18,20). The van der Waals surface area contributed by atoms with E-state index in [2.05, 4.69) is 10.3 Å². The van der Waals surface area contributed by atoms with E-state index < -0.39 is 23.7 Å². The molecule has 2 rings (SSSR count). The number of amides is 1. The Labute approximate surface area is 122 Å². The number of halogens is 3. The van der Waals surface area contributed by atoms with E-state index in [1.54, 1.807) is 6.92 Å². The van der Waals surface area contributed by atoms with Crippen LogP contribution in [0.25, 0.3) is 0 Å². The second kappa shape index (κ2) is 5.72. The lowest BCUT2D eigenvalue weighted by Crippen LogP contribution is -2.27. The van der Waals surface area contributed by atoms with Crippen LogP contribution in [0, 0.1) is 0 Å². The molecule has 1 atom stereocenters. The summed E-state index contributed by atoms with van der Waals surface area (Å²) in [5, 5.41) is 4.33. The number of carbonyl (C=O) groups excluding carboxylic acids is 1. The van der Waals surface area contributed by atoms with Crippen LogP contribution < -0.4 is 11.1 Å². The predicted octanol–water partition coefficient (Wildman–Crippen LogP) is 3.24. The Morgan fingerprint density at radius 3 is 2.71 bits per heavy atom. The second-order valence-electron chi connectivity index (χ2n) is 4.39. The lowest BCUT2D eigenvalue weighted by molar-refractivity contribution is -0.137. The maximum atomic E-state index is 12.7. The molecule has 0 aliphatic carbocycles. The Hall–Kier alpha value is -2.09. The molecule has 0 spiro atoms. The van der Waals surface area contributed by atoms with Gasteiger partial charge in [0, 0.05) is 5.38 Å². The number of nitrogens with one attached hydrogen (secondary N) is 1. The Bertz CT molecular complexity index is 654. The number of rotatable bonds is 3. The largest absolute Gasteiger partial charge is 0.416 e. The molecule has 0 bridgehead atoms. The number of anilines is 1. The lowest BCUT2D eigenvalue weighted by Gasteiger charge is -2.15. The molecular weight excluding hydrogens is 303 g/mol. The highest BCUT2D eigenvalue weighted by molar-refractivity contribution is 7.13. The molecule has 0 saturated heterocycles. The van der Waals surface area contributed by atoms with Crippen LogP contribution in [0.5, 0.6) is 0 Å². The summed E-state index contributed by atoms with van der Waals surface area (Å²) in [5.41, 5.74) is 5.19. The molecule has 2 aromatic rings. The fraction of sp³-hybridized carbons (Fsp3) is 0.231. The van der Waals surface area contributed by atoms with Gasteiger partial charge in [-0.2, -0.15) is 13.2 Å². The molecule has 1 unspecified atom stereocenters. The molecule has 0 radical (unpaired) electrons. The molecule has 1 heterocycles. The Morgan fingerprint density at radius 2 is 2.14 bits per heavy atom. The minimum Gasteiger partial charge on any atom is -0.375 e. The zero-order valence-electron chi connectivity index (χ0n) is 10.9. The van der Waals surface area contributed by atoms with Crippen molar-refractivity contribution in [1.82, 2.24) is 10.3 Å². The van der Waals surface area contributed by atoms with Crippen LogP contribution in [0.3, 0.4) is 0 Å². The maximum absolute atomic E-state index is 12.7. The summed E-state index contributed by atoms with van der Waals surface area (Å²) >= 11 is 1.12. The first-order chi connectivity index (χ1) is 9.77. The molecule has 0 aliphatic heterocycles. The van der Waals surface area contributed by atoms with Crippen LogP contribution in [-0.2, 0) is 6.18 Å². The second-order valence-corrected chi connectivity index (χ2v) is 5.28. The van der Waals surface area contributed by atoms with Gasteiger partial charge in [-0.15, -0.1) is 11.3 Å².